The number of sulfone groups is 1. The second-order valence-electron chi connectivity index (χ2n) is 4.01. The van der Waals surface area contributed by atoms with Gasteiger partial charge in [0, 0.05) is 10.8 Å². The van der Waals surface area contributed by atoms with E-state index in [1.807, 2.05) is 0 Å². The number of allylic oxidation sites excluding steroid dienone is 2. The molecule has 2 aliphatic heterocycles. The molecule has 2 heterocycles. The van der Waals surface area contributed by atoms with Crippen molar-refractivity contribution >= 4 is 9.84 Å². The molecule has 16 heavy (non-hydrogen) atoms. The summed E-state index contributed by atoms with van der Waals surface area (Å²) in [4.78, 5) is 2.40. The highest BCUT2D eigenvalue weighted by Gasteiger charge is 2.00. The smallest absolute Gasteiger partial charge is 0.193 e. The maximum Gasteiger partial charge on any atom is 0.193 e. The van der Waals surface area contributed by atoms with Gasteiger partial charge in [0.2, 0.25) is 0 Å². The van der Waals surface area contributed by atoms with Gasteiger partial charge in [-0.15, -0.1) is 0 Å². The molecule has 0 amide bonds. The lowest BCUT2D eigenvalue weighted by Crippen LogP contribution is -2.31. The first-order valence-electron chi connectivity index (χ1n) is 5.59. The van der Waals surface area contributed by atoms with Gasteiger partial charge in [0.15, 0.2) is 9.84 Å². The van der Waals surface area contributed by atoms with Crippen LogP contribution < -0.4 is 5.32 Å². The standard InChI is InChI=1S/C7H16N2.C4H4O2S/c1-9-6-2-4-8-5-3-7-9;5-7(6)3-1-2-4-7/h8H,2-7H2,1H3;1-4H. The first kappa shape index (κ1) is 13.4. The van der Waals surface area contributed by atoms with E-state index in [0.29, 0.717) is 0 Å². The van der Waals surface area contributed by atoms with Crippen molar-refractivity contribution in [1.29, 1.82) is 0 Å². The molecule has 1 saturated heterocycles. The summed E-state index contributed by atoms with van der Waals surface area (Å²) >= 11 is 0. The number of rotatable bonds is 0. The van der Waals surface area contributed by atoms with Crippen molar-refractivity contribution in [3.05, 3.63) is 23.0 Å². The molecule has 2 aliphatic rings. The van der Waals surface area contributed by atoms with Crippen molar-refractivity contribution in [3.63, 3.8) is 0 Å². The van der Waals surface area contributed by atoms with E-state index >= 15 is 0 Å². The second-order valence-corrected chi connectivity index (χ2v) is 5.73. The van der Waals surface area contributed by atoms with Crippen molar-refractivity contribution < 1.29 is 8.42 Å². The van der Waals surface area contributed by atoms with Gasteiger partial charge in [-0.25, -0.2) is 8.42 Å². The zero-order chi connectivity index (χ0) is 11.9. The average molecular weight is 244 g/mol. The quantitative estimate of drug-likeness (QED) is 0.683. The molecular weight excluding hydrogens is 224 g/mol. The Balaban J connectivity index is 0.000000165. The molecule has 0 aliphatic carbocycles. The van der Waals surface area contributed by atoms with Crippen LogP contribution in [-0.2, 0) is 9.84 Å². The van der Waals surface area contributed by atoms with E-state index in [9.17, 15) is 8.42 Å². The Kier molecular flexibility index (Phi) is 5.73. The summed E-state index contributed by atoms with van der Waals surface area (Å²) in [6.07, 6.45) is 5.59. The molecule has 0 aromatic heterocycles. The van der Waals surface area contributed by atoms with E-state index in [0.717, 1.165) is 10.8 Å². The molecule has 0 radical (unpaired) electrons. The monoisotopic (exact) mass is 244 g/mol. The number of nitrogens with one attached hydrogen (secondary N) is 1. The maximum absolute atomic E-state index is 10.3. The summed E-state index contributed by atoms with van der Waals surface area (Å²) < 4.78 is 20.5. The molecule has 1 fully saturated rings. The fourth-order valence-corrected chi connectivity index (χ4v) is 2.25. The SMILES string of the molecule is CN1CCCNCCC1.O=S1(=O)C=CC=C1. The van der Waals surface area contributed by atoms with Gasteiger partial charge < -0.3 is 10.2 Å². The van der Waals surface area contributed by atoms with E-state index < -0.39 is 9.84 Å². The van der Waals surface area contributed by atoms with Crippen molar-refractivity contribution in [1.82, 2.24) is 10.2 Å². The molecule has 92 valence electrons. The van der Waals surface area contributed by atoms with Crippen LogP contribution in [-0.4, -0.2) is 46.5 Å². The molecule has 0 saturated carbocycles. The minimum Gasteiger partial charge on any atom is -0.317 e. The topological polar surface area (TPSA) is 49.4 Å². The summed E-state index contributed by atoms with van der Waals surface area (Å²) in [5.74, 6) is 0. The minimum atomic E-state index is -2.91. The zero-order valence-electron chi connectivity index (χ0n) is 9.72. The first-order valence-corrected chi connectivity index (χ1v) is 7.20. The van der Waals surface area contributed by atoms with Crippen LogP contribution in [0.1, 0.15) is 12.8 Å². The predicted octanol–water partition coefficient (Wildman–Crippen LogP) is 0.744. The summed E-state index contributed by atoms with van der Waals surface area (Å²) in [5.41, 5.74) is 0. The lowest BCUT2D eigenvalue weighted by molar-refractivity contribution is 0.304. The molecule has 5 heteroatoms. The van der Waals surface area contributed by atoms with Crippen LogP contribution in [0.15, 0.2) is 23.0 Å². The maximum atomic E-state index is 10.3. The van der Waals surface area contributed by atoms with Crippen LogP contribution in [0.3, 0.4) is 0 Å². The highest BCUT2D eigenvalue weighted by Crippen LogP contribution is 2.01. The third-order valence-corrected chi connectivity index (χ3v) is 3.51. The van der Waals surface area contributed by atoms with Crippen LogP contribution >= 0.6 is 0 Å². The van der Waals surface area contributed by atoms with Crippen molar-refractivity contribution in [3.8, 4) is 0 Å². The van der Waals surface area contributed by atoms with E-state index in [-0.39, 0.29) is 0 Å². The summed E-state index contributed by atoms with van der Waals surface area (Å²) in [6.45, 7) is 4.91. The Labute approximate surface area is 97.9 Å². The van der Waals surface area contributed by atoms with Crippen LogP contribution in [0.5, 0.6) is 0 Å². The lowest BCUT2D eigenvalue weighted by Gasteiger charge is -2.19. The summed E-state index contributed by atoms with van der Waals surface area (Å²) in [7, 11) is -0.708. The zero-order valence-corrected chi connectivity index (χ0v) is 10.5. The van der Waals surface area contributed by atoms with E-state index in [1.54, 1.807) is 0 Å². The fourth-order valence-electron chi connectivity index (χ4n) is 1.54. The molecule has 2 rings (SSSR count). The van der Waals surface area contributed by atoms with Gasteiger partial charge in [0.25, 0.3) is 0 Å². The molecule has 0 unspecified atom stereocenters. The number of nitrogens with zero attached hydrogens (tertiary/aromatic N) is 1. The number of hydrogen-bond donors (Lipinski definition) is 1. The minimum absolute atomic E-state index is 1.16. The van der Waals surface area contributed by atoms with E-state index in [2.05, 4.69) is 17.3 Å². The van der Waals surface area contributed by atoms with Crippen molar-refractivity contribution in [2.45, 2.75) is 12.8 Å². The van der Waals surface area contributed by atoms with E-state index in [1.165, 1.54) is 51.2 Å². The first-order chi connectivity index (χ1) is 7.60. The van der Waals surface area contributed by atoms with Gasteiger partial charge in [-0.2, -0.15) is 0 Å². The Bertz CT molecular complexity index is 321. The second kappa shape index (κ2) is 6.83. The molecular formula is C11H20N2O2S. The highest BCUT2D eigenvalue weighted by atomic mass is 32.2. The van der Waals surface area contributed by atoms with Crippen LogP contribution in [0, 0.1) is 0 Å². The normalized spacial score (nSPS) is 24.3. The molecule has 0 bridgehead atoms. The molecule has 0 aromatic rings. The number of hydrogen-bond acceptors (Lipinski definition) is 4. The molecule has 1 N–H and O–H groups in total. The third kappa shape index (κ3) is 6.05. The van der Waals surface area contributed by atoms with Crippen LogP contribution in [0.4, 0.5) is 0 Å². The van der Waals surface area contributed by atoms with E-state index in [4.69, 9.17) is 0 Å². The van der Waals surface area contributed by atoms with Gasteiger partial charge >= 0.3 is 0 Å². The predicted molar refractivity (Wildman–Crippen MR) is 66.8 cm³/mol. The Hall–Kier alpha value is -0.650. The van der Waals surface area contributed by atoms with Crippen molar-refractivity contribution in [2.24, 2.45) is 0 Å². The average Bonchev–Trinajstić information content (AvgIpc) is 2.58. The largest absolute Gasteiger partial charge is 0.317 e. The van der Waals surface area contributed by atoms with Crippen LogP contribution in [0.2, 0.25) is 0 Å². The molecule has 4 nitrogen and oxygen atoms in total. The Morgan fingerprint density at radius 2 is 1.56 bits per heavy atom. The van der Waals surface area contributed by atoms with Gasteiger partial charge in [0.1, 0.15) is 0 Å². The Morgan fingerprint density at radius 3 is 1.94 bits per heavy atom. The van der Waals surface area contributed by atoms with Crippen LogP contribution in [0.25, 0.3) is 0 Å². The van der Waals surface area contributed by atoms with Gasteiger partial charge in [-0.3, -0.25) is 0 Å². The molecule has 0 spiro atoms. The lowest BCUT2D eigenvalue weighted by atomic mass is 10.3. The fraction of sp³-hybridized carbons (Fsp3) is 0.636. The van der Waals surface area contributed by atoms with Gasteiger partial charge in [0.05, 0.1) is 0 Å². The highest BCUT2D eigenvalue weighted by molar-refractivity contribution is 7.97. The van der Waals surface area contributed by atoms with Crippen molar-refractivity contribution in [2.75, 3.05) is 33.2 Å². The van der Waals surface area contributed by atoms with Gasteiger partial charge in [-0.05, 0) is 58.2 Å². The molecule has 0 aromatic carbocycles. The third-order valence-electron chi connectivity index (χ3n) is 2.43. The molecule has 0 atom stereocenters. The summed E-state index contributed by atoms with van der Waals surface area (Å²) in [6, 6.07) is 0. The van der Waals surface area contributed by atoms with Gasteiger partial charge in [-0.1, -0.05) is 0 Å². The summed E-state index contributed by atoms with van der Waals surface area (Å²) in [5, 5.41) is 5.70. The Morgan fingerprint density at radius 1 is 1.06 bits per heavy atom.